The van der Waals surface area contributed by atoms with Crippen LogP contribution in [0.4, 0.5) is 0 Å². The molecule has 5 heteroatoms. The van der Waals surface area contributed by atoms with Crippen LogP contribution in [0.5, 0.6) is 0 Å². The first kappa shape index (κ1) is 9.98. The monoisotopic (exact) mass is 198 g/mol. The van der Waals surface area contributed by atoms with Crippen molar-refractivity contribution in [1.82, 2.24) is 9.22 Å². The van der Waals surface area contributed by atoms with Crippen molar-refractivity contribution >= 4 is 8.24 Å². The number of hydrogen-bond acceptors (Lipinski definition) is 2. The molecule has 0 fully saturated rings. The van der Waals surface area contributed by atoms with Crippen LogP contribution in [0.2, 0.25) is 19.6 Å². The van der Waals surface area contributed by atoms with Gasteiger partial charge < -0.3 is 4.98 Å². The van der Waals surface area contributed by atoms with Crippen LogP contribution in [0, 0.1) is 6.92 Å². The Morgan fingerprint density at radius 1 is 1.31 bits per heavy atom. The smallest absolute Gasteiger partial charge is 0.314 e. The van der Waals surface area contributed by atoms with Crippen molar-refractivity contribution in [1.29, 1.82) is 0 Å². The van der Waals surface area contributed by atoms with Crippen molar-refractivity contribution in [2.75, 3.05) is 0 Å². The quantitative estimate of drug-likeness (QED) is 0.669. The molecule has 72 valence electrons. The zero-order valence-corrected chi connectivity index (χ0v) is 9.34. The maximum atomic E-state index is 11.6. The van der Waals surface area contributed by atoms with E-state index in [1.54, 1.807) is 6.92 Å². The first-order chi connectivity index (χ1) is 5.84. The number of hydrogen-bond donors (Lipinski definition) is 1. The van der Waals surface area contributed by atoms with Crippen LogP contribution in [0.3, 0.4) is 0 Å². The molecule has 0 spiro atoms. The molecule has 13 heavy (non-hydrogen) atoms. The molecule has 0 aromatic carbocycles. The van der Waals surface area contributed by atoms with Crippen LogP contribution >= 0.6 is 0 Å². The average molecular weight is 198 g/mol. The minimum Gasteiger partial charge on any atom is -0.314 e. The van der Waals surface area contributed by atoms with E-state index in [-0.39, 0.29) is 11.2 Å². The summed E-state index contributed by atoms with van der Waals surface area (Å²) in [5.41, 5.74) is 0.125. The Balaban J connectivity index is 3.63. The van der Waals surface area contributed by atoms with Crippen LogP contribution in [-0.4, -0.2) is 17.5 Å². The molecule has 0 amide bonds. The molecule has 0 aliphatic heterocycles. The van der Waals surface area contributed by atoms with Gasteiger partial charge in [-0.25, -0.2) is 4.79 Å². The third kappa shape index (κ3) is 1.80. The lowest BCUT2D eigenvalue weighted by atomic mass is 10.4. The van der Waals surface area contributed by atoms with E-state index in [4.69, 9.17) is 0 Å². The van der Waals surface area contributed by atoms with Crippen molar-refractivity contribution < 1.29 is 0 Å². The fraction of sp³-hybridized carbons (Fsp3) is 0.500. The fourth-order valence-electron chi connectivity index (χ4n) is 1.17. The van der Waals surface area contributed by atoms with Gasteiger partial charge in [-0.15, -0.1) is 0 Å². The molecule has 0 aliphatic carbocycles. The Morgan fingerprint density at radius 2 is 1.85 bits per heavy atom. The summed E-state index contributed by atoms with van der Waals surface area (Å²) >= 11 is 0. The van der Waals surface area contributed by atoms with Crippen molar-refractivity contribution in [3.63, 3.8) is 0 Å². The average Bonchev–Trinajstić information content (AvgIpc) is 1.95. The summed E-state index contributed by atoms with van der Waals surface area (Å²) in [6.45, 7) is 7.59. The summed E-state index contributed by atoms with van der Waals surface area (Å²) in [6, 6.07) is 0. The summed E-state index contributed by atoms with van der Waals surface area (Å²) in [5.74, 6) is 0. The Bertz CT molecular complexity index is 425. The Morgan fingerprint density at radius 3 is 2.23 bits per heavy atom. The van der Waals surface area contributed by atoms with Gasteiger partial charge >= 0.3 is 5.69 Å². The predicted octanol–water partition coefficient (Wildman–Crippen LogP) is 0.528. The normalized spacial score (nSPS) is 11.7. The minimum absolute atomic E-state index is 0.164. The summed E-state index contributed by atoms with van der Waals surface area (Å²) in [5, 5.41) is 0. The van der Waals surface area contributed by atoms with Crippen molar-refractivity contribution in [3.05, 3.63) is 32.6 Å². The molecule has 1 aromatic heterocycles. The van der Waals surface area contributed by atoms with Crippen LogP contribution in [0.25, 0.3) is 0 Å². The molecule has 0 atom stereocenters. The second-order valence-corrected chi connectivity index (χ2v) is 8.88. The molecule has 0 bridgehead atoms. The maximum absolute atomic E-state index is 11.6. The van der Waals surface area contributed by atoms with E-state index < -0.39 is 8.24 Å². The molecule has 1 aromatic rings. The highest BCUT2D eigenvalue weighted by Crippen LogP contribution is 1.98. The van der Waals surface area contributed by atoms with Crippen molar-refractivity contribution in [3.8, 4) is 0 Å². The number of aromatic amines is 1. The third-order valence-corrected chi connectivity index (χ3v) is 3.57. The first-order valence-corrected chi connectivity index (χ1v) is 7.60. The highest BCUT2D eigenvalue weighted by Gasteiger charge is 2.21. The van der Waals surface area contributed by atoms with E-state index in [9.17, 15) is 9.59 Å². The summed E-state index contributed by atoms with van der Waals surface area (Å²) < 4.78 is 1.36. The molecule has 1 rings (SSSR count). The van der Waals surface area contributed by atoms with Crippen molar-refractivity contribution in [2.24, 2.45) is 0 Å². The van der Waals surface area contributed by atoms with Crippen LogP contribution in [0.15, 0.2) is 15.8 Å². The second-order valence-electron chi connectivity index (χ2n) is 4.09. The van der Waals surface area contributed by atoms with E-state index >= 15 is 0 Å². The van der Waals surface area contributed by atoms with Gasteiger partial charge in [0.25, 0.3) is 5.56 Å². The van der Waals surface area contributed by atoms with E-state index in [1.165, 1.54) is 10.4 Å². The highest BCUT2D eigenvalue weighted by atomic mass is 28.3. The maximum Gasteiger partial charge on any atom is 0.320 e. The Hall–Kier alpha value is -1.10. The van der Waals surface area contributed by atoms with Gasteiger partial charge in [-0.2, -0.15) is 0 Å². The largest absolute Gasteiger partial charge is 0.320 e. The summed E-state index contributed by atoms with van der Waals surface area (Å²) in [7, 11) is -1.89. The van der Waals surface area contributed by atoms with Gasteiger partial charge in [0.05, 0.1) is 0 Å². The Kier molecular flexibility index (Phi) is 2.29. The molecule has 1 N–H and O–H groups in total. The molecule has 0 radical (unpaired) electrons. The lowest BCUT2D eigenvalue weighted by molar-refractivity contribution is 0.901. The van der Waals surface area contributed by atoms with Gasteiger partial charge in [0, 0.05) is 11.8 Å². The molecule has 0 unspecified atom stereocenters. The van der Waals surface area contributed by atoms with Gasteiger partial charge in [-0.3, -0.25) is 9.03 Å². The Labute approximate surface area is 77.3 Å². The lowest BCUT2D eigenvalue weighted by Crippen LogP contribution is -2.50. The topological polar surface area (TPSA) is 54.9 Å². The first-order valence-electron chi connectivity index (χ1n) is 4.16. The summed E-state index contributed by atoms with van der Waals surface area (Å²) in [6.07, 6.45) is 1.46. The lowest BCUT2D eigenvalue weighted by Gasteiger charge is -2.18. The third-order valence-electron chi connectivity index (χ3n) is 1.83. The zero-order chi connectivity index (χ0) is 10.2. The molecule has 0 saturated heterocycles. The summed E-state index contributed by atoms with van der Waals surface area (Å²) in [4.78, 5) is 25.6. The highest BCUT2D eigenvalue weighted by molar-refractivity contribution is 6.74. The van der Waals surface area contributed by atoms with E-state index in [1.807, 2.05) is 19.6 Å². The number of rotatable bonds is 1. The fourth-order valence-corrected chi connectivity index (χ4v) is 2.63. The molecule has 0 saturated carbocycles. The molecule has 0 aliphatic rings. The number of H-pyrrole nitrogens is 1. The number of aryl methyl sites for hydroxylation is 1. The van der Waals surface area contributed by atoms with Gasteiger partial charge in [0.2, 0.25) is 0 Å². The minimum atomic E-state index is -1.89. The number of aromatic nitrogens is 2. The van der Waals surface area contributed by atoms with E-state index in [2.05, 4.69) is 4.98 Å². The molecule has 4 nitrogen and oxygen atoms in total. The standard InChI is InChI=1S/C8H14N2O2Si/c1-6-5-9-8(12)10(7(6)11)13(2,3)4/h5H,1-4H3,(H,9,12). The molecular formula is C8H14N2O2Si. The molecule has 1 heterocycles. The van der Waals surface area contributed by atoms with Gasteiger partial charge in [0.15, 0.2) is 8.24 Å². The van der Waals surface area contributed by atoms with Crippen LogP contribution in [0.1, 0.15) is 5.56 Å². The number of nitrogens with zero attached hydrogens (tertiary/aromatic N) is 1. The SMILES string of the molecule is Cc1c[nH]c(=O)n([Si](C)(C)C)c1=O. The second kappa shape index (κ2) is 2.99. The van der Waals surface area contributed by atoms with Gasteiger partial charge in [-0.1, -0.05) is 19.6 Å². The molecular weight excluding hydrogens is 184 g/mol. The van der Waals surface area contributed by atoms with Gasteiger partial charge in [0.1, 0.15) is 0 Å². The predicted molar refractivity (Wildman–Crippen MR) is 54.8 cm³/mol. The van der Waals surface area contributed by atoms with Gasteiger partial charge in [-0.05, 0) is 6.92 Å². The van der Waals surface area contributed by atoms with Crippen molar-refractivity contribution in [2.45, 2.75) is 26.6 Å². The number of nitrogens with one attached hydrogen (secondary N) is 1. The van der Waals surface area contributed by atoms with Crippen LogP contribution in [-0.2, 0) is 0 Å². The van der Waals surface area contributed by atoms with Crippen LogP contribution < -0.4 is 11.2 Å². The van der Waals surface area contributed by atoms with E-state index in [0.717, 1.165) is 0 Å². The van der Waals surface area contributed by atoms with E-state index in [0.29, 0.717) is 5.56 Å². The zero-order valence-electron chi connectivity index (χ0n) is 8.34.